The van der Waals surface area contributed by atoms with E-state index in [0.717, 1.165) is 0 Å². The molecule has 0 saturated heterocycles. The number of nitrogen functional groups attached to an aromatic ring is 1. The molecule has 0 atom stereocenters. The average Bonchev–Trinajstić information content (AvgIpc) is 2.26. The minimum atomic E-state index is -0.635. The van der Waals surface area contributed by atoms with Crippen molar-refractivity contribution in [3.63, 3.8) is 0 Å². The first-order valence-corrected chi connectivity index (χ1v) is 5.44. The molecule has 0 spiro atoms. The first kappa shape index (κ1) is 12.0. The van der Waals surface area contributed by atoms with Gasteiger partial charge >= 0.3 is 0 Å². The molecular weight excluding hydrogens is 264 g/mol. The van der Waals surface area contributed by atoms with Crippen LogP contribution in [-0.4, -0.2) is 4.98 Å². The van der Waals surface area contributed by atoms with Gasteiger partial charge in [-0.3, -0.25) is 4.98 Å². The molecule has 3 nitrogen and oxygen atoms in total. The Labute approximate surface area is 107 Å². The number of hydrogen-bond acceptors (Lipinski definition) is 3. The van der Waals surface area contributed by atoms with Crippen molar-refractivity contribution in [2.75, 3.05) is 11.1 Å². The smallest absolute Gasteiger partial charge is 0.160 e. The summed E-state index contributed by atoms with van der Waals surface area (Å²) in [6, 6.07) is 4.57. The normalized spacial score (nSPS) is 10.3. The molecule has 17 heavy (non-hydrogen) atoms. The van der Waals surface area contributed by atoms with Crippen LogP contribution in [0.4, 0.5) is 21.5 Å². The maximum atomic E-state index is 13.2. The zero-order valence-corrected chi connectivity index (χ0v) is 10.1. The van der Waals surface area contributed by atoms with Gasteiger partial charge in [-0.1, -0.05) is 23.2 Å². The third kappa shape index (κ3) is 2.78. The van der Waals surface area contributed by atoms with Crippen LogP contribution in [0.3, 0.4) is 0 Å². The fourth-order valence-electron chi connectivity index (χ4n) is 1.32. The molecular formula is C11H8Cl2FN3. The molecule has 0 aliphatic carbocycles. The largest absolute Gasteiger partial charge is 0.397 e. The van der Waals surface area contributed by atoms with E-state index in [1.807, 2.05) is 0 Å². The second-order valence-electron chi connectivity index (χ2n) is 3.39. The van der Waals surface area contributed by atoms with E-state index < -0.39 is 5.82 Å². The van der Waals surface area contributed by atoms with Crippen molar-refractivity contribution in [3.8, 4) is 0 Å². The lowest BCUT2D eigenvalue weighted by Gasteiger charge is -2.08. The Kier molecular flexibility index (Phi) is 3.36. The van der Waals surface area contributed by atoms with Gasteiger partial charge in [0, 0.05) is 11.9 Å². The van der Waals surface area contributed by atoms with Gasteiger partial charge in [-0.25, -0.2) is 4.39 Å². The molecule has 0 saturated carbocycles. The summed E-state index contributed by atoms with van der Waals surface area (Å²) in [5, 5.41) is 2.89. The minimum absolute atomic E-state index is 0.0446. The first-order valence-electron chi connectivity index (χ1n) is 4.68. The summed E-state index contributed by atoms with van der Waals surface area (Å²) in [7, 11) is 0. The van der Waals surface area contributed by atoms with Gasteiger partial charge in [0.2, 0.25) is 0 Å². The highest BCUT2D eigenvalue weighted by molar-refractivity contribution is 6.35. The van der Waals surface area contributed by atoms with Crippen molar-refractivity contribution in [3.05, 3.63) is 46.5 Å². The lowest BCUT2D eigenvalue weighted by Crippen LogP contribution is -1.94. The van der Waals surface area contributed by atoms with Crippen LogP contribution in [0, 0.1) is 5.82 Å². The van der Waals surface area contributed by atoms with Crippen LogP contribution in [0.25, 0.3) is 0 Å². The van der Waals surface area contributed by atoms with Gasteiger partial charge in [0.05, 0.1) is 27.6 Å². The van der Waals surface area contributed by atoms with E-state index in [4.69, 9.17) is 28.9 Å². The molecule has 1 aromatic heterocycles. The van der Waals surface area contributed by atoms with Gasteiger partial charge in [-0.2, -0.15) is 0 Å². The van der Waals surface area contributed by atoms with Gasteiger partial charge in [0.25, 0.3) is 0 Å². The Balaban J connectivity index is 2.31. The quantitative estimate of drug-likeness (QED) is 0.816. The van der Waals surface area contributed by atoms with E-state index >= 15 is 0 Å². The summed E-state index contributed by atoms with van der Waals surface area (Å²) in [6.45, 7) is 0. The van der Waals surface area contributed by atoms with Crippen molar-refractivity contribution in [2.24, 2.45) is 0 Å². The van der Waals surface area contributed by atoms with E-state index in [1.165, 1.54) is 18.3 Å². The predicted octanol–water partition coefficient (Wildman–Crippen LogP) is 3.85. The van der Waals surface area contributed by atoms with E-state index in [1.54, 1.807) is 12.3 Å². The molecule has 0 bridgehead atoms. The average molecular weight is 272 g/mol. The molecule has 0 amide bonds. The molecule has 0 unspecified atom stereocenters. The van der Waals surface area contributed by atoms with Crippen molar-refractivity contribution in [1.82, 2.24) is 4.98 Å². The number of benzene rings is 1. The number of nitrogens with one attached hydrogen (secondary N) is 1. The highest BCUT2D eigenvalue weighted by atomic mass is 35.5. The minimum Gasteiger partial charge on any atom is -0.397 e. The number of hydrogen-bond donors (Lipinski definition) is 2. The molecule has 0 fully saturated rings. The first-order chi connectivity index (χ1) is 8.06. The van der Waals surface area contributed by atoms with Crippen LogP contribution in [0.15, 0.2) is 30.6 Å². The second-order valence-corrected chi connectivity index (χ2v) is 4.20. The molecule has 0 aliphatic heterocycles. The monoisotopic (exact) mass is 271 g/mol. The Morgan fingerprint density at radius 2 is 1.71 bits per heavy atom. The topological polar surface area (TPSA) is 50.9 Å². The van der Waals surface area contributed by atoms with Crippen LogP contribution in [-0.2, 0) is 0 Å². The van der Waals surface area contributed by atoms with Crippen molar-refractivity contribution >= 4 is 40.3 Å². The molecule has 0 radical (unpaired) electrons. The summed E-state index contributed by atoms with van der Waals surface area (Å²) in [5.74, 6) is -0.635. The molecule has 88 valence electrons. The third-order valence-electron chi connectivity index (χ3n) is 2.03. The molecule has 1 aromatic carbocycles. The zero-order valence-electron chi connectivity index (χ0n) is 8.55. The standard InChI is InChI=1S/C11H8Cl2FN3/c12-9-2-7(3-10(13)11(9)14)17-8-1-6(15)4-16-5-8/h1-5,17H,15H2. The Morgan fingerprint density at radius 3 is 2.29 bits per heavy atom. The lowest BCUT2D eigenvalue weighted by atomic mass is 10.3. The van der Waals surface area contributed by atoms with Crippen LogP contribution in [0.1, 0.15) is 0 Å². The SMILES string of the molecule is Nc1cncc(Nc2cc(Cl)c(F)c(Cl)c2)c1. The molecule has 0 aliphatic rings. The number of pyridine rings is 1. The molecule has 6 heteroatoms. The van der Waals surface area contributed by atoms with Crippen LogP contribution < -0.4 is 11.1 Å². The van der Waals surface area contributed by atoms with Crippen molar-refractivity contribution in [2.45, 2.75) is 0 Å². The Hall–Kier alpha value is -1.52. The summed E-state index contributed by atoms with van der Waals surface area (Å²) in [6.07, 6.45) is 3.11. The number of halogens is 3. The maximum absolute atomic E-state index is 13.2. The molecule has 2 aromatic rings. The van der Waals surface area contributed by atoms with Gasteiger partial charge in [-0.05, 0) is 18.2 Å². The molecule has 2 rings (SSSR count). The van der Waals surface area contributed by atoms with Gasteiger partial charge in [-0.15, -0.1) is 0 Å². The summed E-state index contributed by atoms with van der Waals surface area (Å²) in [4.78, 5) is 3.92. The fraction of sp³-hybridized carbons (Fsp3) is 0. The maximum Gasteiger partial charge on any atom is 0.160 e. The summed E-state index contributed by atoms with van der Waals surface area (Å²) in [5.41, 5.74) is 7.34. The van der Waals surface area contributed by atoms with Gasteiger partial charge < -0.3 is 11.1 Å². The predicted molar refractivity (Wildman–Crippen MR) is 68.4 cm³/mol. The number of nitrogens with zero attached hydrogens (tertiary/aromatic N) is 1. The Morgan fingerprint density at radius 1 is 1.06 bits per heavy atom. The molecule has 3 N–H and O–H groups in total. The summed E-state index contributed by atoms with van der Waals surface area (Å²) < 4.78 is 13.2. The number of aromatic nitrogens is 1. The number of nitrogens with two attached hydrogens (primary N) is 1. The summed E-state index contributed by atoms with van der Waals surface area (Å²) >= 11 is 11.4. The van der Waals surface area contributed by atoms with Crippen LogP contribution >= 0.6 is 23.2 Å². The van der Waals surface area contributed by atoms with E-state index in [-0.39, 0.29) is 10.0 Å². The van der Waals surface area contributed by atoms with Gasteiger partial charge in [0.15, 0.2) is 5.82 Å². The number of anilines is 3. The van der Waals surface area contributed by atoms with E-state index in [2.05, 4.69) is 10.3 Å². The highest BCUT2D eigenvalue weighted by Gasteiger charge is 2.07. The third-order valence-corrected chi connectivity index (χ3v) is 2.58. The lowest BCUT2D eigenvalue weighted by molar-refractivity contribution is 0.629. The van der Waals surface area contributed by atoms with Crippen molar-refractivity contribution < 1.29 is 4.39 Å². The van der Waals surface area contributed by atoms with E-state index in [9.17, 15) is 4.39 Å². The molecule has 1 heterocycles. The number of rotatable bonds is 2. The van der Waals surface area contributed by atoms with Crippen LogP contribution in [0.2, 0.25) is 10.0 Å². The fourth-order valence-corrected chi connectivity index (χ4v) is 1.81. The Bertz CT molecular complexity index is 537. The van der Waals surface area contributed by atoms with Gasteiger partial charge in [0.1, 0.15) is 0 Å². The van der Waals surface area contributed by atoms with E-state index in [0.29, 0.717) is 17.1 Å². The highest BCUT2D eigenvalue weighted by Crippen LogP contribution is 2.29. The second kappa shape index (κ2) is 4.77. The zero-order chi connectivity index (χ0) is 12.4. The van der Waals surface area contributed by atoms with Crippen molar-refractivity contribution in [1.29, 1.82) is 0 Å². The van der Waals surface area contributed by atoms with Crippen LogP contribution in [0.5, 0.6) is 0 Å².